The van der Waals surface area contributed by atoms with Gasteiger partial charge < -0.3 is 10.2 Å². The molecule has 2 rings (SSSR count). The second-order valence-corrected chi connectivity index (χ2v) is 6.03. The first-order valence-corrected chi connectivity index (χ1v) is 7.27. The smallest absolute Gasteiger partial charge is 0.245 e. The lowest BCUT2D eigenvalue weighted by atomic mass is 10.0. The van der Waals surface area contributed by atoms with E-state index in [-0.39, 0.29) is 35.8 Å². The number of benzene rings is 1. The Morgan fingerprint density at radius 2 is 2.14 bits per heavy atom. The molecule has 0 radical (unpaired) electrons. The summed E-state index contributed by atoms with van der Waals surface area (Å²) in [6, 6.07) is 3.94. The molecule has 21 heavy (non-hydrogen) atoms. The van der Waals surface area contributed by atoms with Gasteiger partial charge in [0.2, 0.25) is 11.8 Å². The van der Waals surface area contributed by atoms with Gasteiger partial charge in [-0.3, -0.25) is 9.59 Å². The molecule has 1 fully saturated rings. The quantitative estimate of drug-likeness (QED) is 0.928. The van der Waals surface area contributed by atoms with Gasteiger partial charge in [0.15, 0.2) is 0 Å². The summed E-state index contributed by atoms with van der Waals surface area (Å²) >= 11 is 5.90. The number of piperazine rings is 1. The Morgan fingerprint density at radius 3 is 2.81 bits per heavy atom. The van der Waals surface area contributed by atoms with Crippen LogP contribution in [0.5, 0.6) is 0 Å². The van der Waals surface area contributed by atoms with Crippen LogP contribution in [0.1, 0.15) is 25.8 Å². The maximum absolute atomic E-state index is 13.4. The summed E-state index contributed by atoms with van der Waals surface area (Å²) in [6.45, 7) is 4.08. The molecule has 0 spiro atoms. The molecule has 1 aliphatic rings. The topological polar surface area (TPSA) is 49.4 Å². The Balaban J connectivity index is 2.16. The van der Waals surface area contributed by atoms with Gasteiger partial charge in [-0.2, -0.15) is 0 Å². The van der Waals surface area contributed by atoms with Gasteiger partial charge >= 0.3 is 0 Å². The summed E-state index contributed by atoms with van der Waals surface area (Å²) < 4.78 is 13.4. The number of carbonyl (C=O) groups excluding carboxylic acids is 2. The molecule has 114 valence electrons. The molecule has 4 nitrogen and oxygen atoms in total. The molecule has 1 aliphatic heterocycles. The zero-order chi connectivity index (χ0) is 15.6. The monoisotopic (exact) mass is 312 g/mol. The molecule has 1 N–H and O–H groups in total. The largest absolute Gasteiger partial charge is 0.343 e. The first-order chi connectivity index (χ1) is 9.88. The molecule has 1 unspecified atom stereocenters. The highest BCUT2D eigenvalue weighted by Crippen LogP contribution is 2.22. The highest BCUT2D eigenvalue weighted by atomic mass is 35.5. The minimum absolute atomic E-state index is 0.00306. The van der Waals surface area contributed by atoms with Crippen LogP contribution in [0.2, 0.25) is 5.02 Å². The maximum Gasteiger partial charge on any atom is 0.245 e. The maximum atomic E-state index is 13.4. The van der Waals surface area contributed by atoms with Crippen LogP contribution in [-0.4, -0.2) is 29.3 Å². The second-order valence-electron chi connectivity index (χ2n) is 5.66. The van der Waals surface area contributed by atoms with Gasteiger partial charge in [0.1, 0.15) is 11.9 Å². The van der Waals surface area contributed by atoms with Crippen molar-refractivity contribution in [2.24, 2.45) is 5.92 Å². The summed E-state index contributed by atoms with van der Waals surface area (Å²) in [4.78, 5) is 25.5. The summed E-state index contributed by atoms with van der Waals surface area (Å²) in [5, 5.41) is 2.70. The van der Waals surface area contributed by atoms with Crippen molar-refractivity contribution in [2.45, 2.75) is 32.9 Å². The lowest BCUT2D eigenvalue weighted by Gasteiger charge is -2.33. The third-order valence-electron chi connectivity index (χ3n) is 3.38. The van der Waals surface area contributed by atoms with Gasteiger partial charge in [-0.15, -0.1) is 0 Å². The van der Waals surface area contributed by atoms with Crippen molar-refractivity contribution < 1.29 is 14.0 Å². The van der Waals surface area contributed by atoms with Gasteiger partial charge in [0.25, 0.3) is 0 Å². The third-order valence-corrected chi connectivity index (χ3v) is 3.80. The summed E-state index contributed by atoms with van der Waals surface area (Å²) in [5.41, 5.74) is 0.503. The molecule has 1 heterocycles. The Labute approximate surface area is 128 Å². The average Bonchev–Trinajstić information content (AvgIpc) is 2.39. The molecule has 0 saturated carbocycles. The van der Waals surface area contributed by atoms with Crippen molar-refractivity contribution in [2.75, 3.05) is 6.54 Å². The van der Waals surface area contributed by atoms with Gasteiger partial charge in [0.05, 0.1) is 11.6 Å². The predicted molar refractivity (Wildman–Crippen MR) is 78.2 cm³/mol. The second kappa shape index (κ2) is 6.43. The minimum atomic E-state index is -0.526. The molecule has 1 aromatic carbocycles. The van der Waals surface area contributed by atoms with Crippen LogP contribution in [0.15, 0.2) is 18.2 Å². The predicted octanol–water partition coefficient (Wildman–Crippen LogP) is 2.35. The molecule has 0 aliphatic carbocycles. The summed E-state index contributed by atoms with van der Waals surface area (Å²) in [7, 11) is 0. The standard InChI is InChI=1S/C15H18ClFN2O2/c1-9(2)6-12-15(21)19(8-13(20)18-12)7-10-4-3-5-11(17)14(10)16/h3-5,9,12H,6-8H2,1-2H3,(H,18,20). The Bertz CT molecular complexity index is 563. The lowest BCUT2D eigenvalue weighted by Crippen LogP contribution is -2.57. The van der Waals surface area contributed by atoms with E-state index in [1.165, 1.54) is 17.0 Å². The van der Waals surface area contributed by atoms with Gasteiger partial charge in [-0.05, 0) is 24.0 Å². The number of rotatable bonds is 4. The first-order valence-electron chi connectivity index (χ1n) is 6.89. The van der Waals surface area contributed by atoms with E-state index in [9.17, 15) is 14.0 Å². The van der Waals surface area contributed by atoms with Gasteiger partial charge in [-0.25, -0.2) is 4.39 Å². The molecule has 1 aromatic rings. The molecular weight excluding hydrogens is 295 g/mol. The van der Waals surface area contributed by atoms with Crippen LogP contribution < -0.4 is 5.32 Å². The summed E-state index contributed by atoms with van der Waals surface area (Å²) in [6.07, 6.45) is 0.581. The van der Waals surface area contributed by atoms with Crippen LogP contribution in [0.3, 0.4) is 0 Å². The zero-order valence-electron chi connectivity index (χ0n) is 12.0. The molecule has 2 amide bonds. The van der Waals surface area contributed by atoms with E-state index in [1.807, 2.05) is 13.8 Å². The SMILES string of the molecule is CC(C)CC1NC(=O)CN(Cc2cccc(F)c2Cl)C1=O. The highest BCUT2D eigenvalue weighted by molar-refractivity contribution is 6.31. The fourth-order valence-electron chi connectivity index (χ4n) is 2.41. The third kappa shape index (κ3) is 3.73. The summed E-state index contributed by atoms with van der Waals surface area (Å²) in [5.74, 6) is -0.588. The molecular formula is C15H18ClFN2O2. The van der Waals surface area contributed by atoms with Crippen LogP contribution >= 0.6 is 11.6 Å². The van der Waals surface area contributed by atoms with Crippen LogP contribution in [0.4, 0.5) is 4.39 Å². The van der Waals surface area contributed by atoms with Crippen molar-refractivity contribution in [3.63, 3.8) is 0 Å². The lowest BCUT2D eigenvalue weighted by molar-refractivity contribution is -0.145. The van der Waals surface area contributed by atoms with E-state index in [2.05, 4.69) is 5.32 Å². The number of hydrogen-bond acceptors (Lipinski definition) is 2. The Kier molecular flexibility index (Phi) is 4.83. The van der Waals surface area contributed by atoms with Crippen LogP contribution in [-0.2, 0) is 16.1 Å². The number of nitrogens with one attached hydrogen (secondary N) is 1. The number of halogens is 2. The normalized spacial score (nSPS) is 19.1. The van der Waals surface area contributed by atoms with Crippen LogP contribution in [0, 0.1) is 11.7 Å². The van der Waals surface area contributed by atoms with Crippen molar-refractivity contribution in [1.82, 2.24) is 10.2 Å². The Morgan fingerprint density at radius 1 is 1.43 bits per heavy atom. The fourth-order valence-corrected chi connectivity index (χ4v) is 2.60. The van der Waals surface area contributed by atoms with E-state index in [0.29, 0.717) is 12.0 Å². The van der Waals surface area contributed by atoms with E-state index in [4.69, 9.17) is 11.6 Å². The first kappa shape index (κ1) is 15.8. The molecule has 1 saturated heterocycles. The molecule has 0 bridgehead atoms. The van der Waals surface area contributed by atoms with E-state index in [0.717, 1.165) is 0 Å². The average molecular weight is 313 g/mol. The minimum Gasteiger partial charge on any atom is -0.343 e. The van der Waals surface area contributed by atoms with Crippen molar-refractivity contribution >= 4 is 23.4 Å². The van der Waals surface area contributed by atoms with Crippen LogP contribution in [0.25, 0.3) is 0 Å². The number of amides is 2. The molecule has 1 atom stereocenters. The molecule has 6 heteroatoms. The van der Waals surface area contributed by atoms with Crippen molar-refractivity contribution in [3.05, 3.63) is 34.6 Å². The zero-order valence-corrected chi connectivity index (χ0v) is 12.8. The highest BCUT2D eigenvalue weighted by Gasteiger charge is 2.33. The van der Waals surface area contributed by atoms with E-state index < -0.39 is 11.9 Å². The van der Waals surface area contributed by atoms with Crippen molar-refractivity contribution in [3.8, 4) is 0 Å². The van der Waals surface area contributed by atoms with E-state index >= 15 is 0 Å². The number of carbonyl (C=O) groups is 2. The fraction of sp³-hybridized carbons (Fsp3) is 0.467. The Hall–Kier alpha value is -1.62. The number of hydrogen-bond donors (Lipinski definition) is 1. The van der Waals surface area contributed by atoms with E-state index in [1.54, 1.807) is 6.07 Å². The molecule has 0 aromatic heterocycles. The van der Waals surface area contributed by atoms with Crippen molar-refractivity contribution in [1.29, 1.82) is 0 Å². The van der Waals surface area contributed by atoms with Gasteiger partial charge in [0, 0.05) is 6.54 Å². The van der Waals surface area contributed by atoms with Gasteiger partial charge in [-0.1, -0.05) is 37.6 Å². The number of nitrogens with zero attached hydrogens (tertiary/aromatic N) is 1.